The minimum atomic E-state index is -0.0990. The molecule has 0 bridgehead atoms. The van der Waals surface area contributed by atoms with E-state index >= 15 is 0 Å². The van der Waals surface area contributed by atoms with Crippen molar-refractivity contribution in [2.75, 3.05) is 26.3 Å². The Morgan fingerprint density at radius 2 is 1.82 bits per heavy atom. The average Bonchev–Trinajstić information content (AvgIpc) is 3.27. The van der Waals surface area contributed by atoms with Gasteiger partial charge < -0.3 is 19.1 Å². The van der Waals surface area contributed by atoms with Crippen LogP contribution in [0.5, 0.6) is 5.75 Å². The molecule has 0 atom stereocenters. The summed E-state index contributed by atoms with van der Waals surface area (Å²) in [5.41, 5.74) is 1.67. The van der Waals surface area contributed by atoms with Crippen LogP contribution in [0.15, 0.2) is 53.0 Å². The van der Waals surface area contributed by atoms with Crippen molar-refractivity contribution in [3.05, 3.63) is 64.1 Å². The van der Waals surface area contributed by atoms with E-state index in [4.69, 9.17) is 14.2 Å². The fourth-order valence-electron chi connectivity index (χ4n) is 3.75. The van der Waals surface area contributed by atoms with Gasteiger partial charge in [0.25, 0.3) is 5.91 Å². The molecule has 0 unspecified atom stereocenters. The molecule has 4 rings (SSSR count). The Balaban J connectivity index is 1.39. The molecule has 5 nitrogen and oxygen atoms in total. The summed E-state index contributed by atoms with van der Waals surface area (Å²) < 4.78 is 18.2. The van der Waals surface area contributed by atoms with Crippen LogP contribution in [0, 0.1) is 5.92 Å². The maximum Gasteiger partial charge on any atom is 0.257 e. The van der Waals surface area contributed by atoms with Gasteiger partial charge in [-0.1, -0.05) is 40.2 Å². The van der Waals surface area contributed by atoms with Gasteiger partial charge in [0.1, 0.15) is 12.4 Å². The number of para-hydroxylation sites is 1. The average molecular weight is 446 g/mol. The molecule has 2 aliphatic rings. The normalized spacial score (nSPS) is 18.4. The summed E-state index contributed by atoms with van der Waals surface area (Å²) in [4.78, 5) is 15.0. The van der Waals surface area contributed by atoms with Gasteiger partial charge in [-0.2, -0.15) is 0 Å². The molecule has 6 heteroatoms. The predicted octanol–water partition coefficient (Wildman–Crippen LogP) is 4.25. The molecule has 2 saturated heterocycles. The third kappa shape index (κ3) is 4.57. The maximum atomic E-state index is 13.1. The Morgan fingerprint density at radius 3 is 2.57 bits per heavy atom. The van der Waals surface area contributed by atoms with Gasteiger partial charge in [0.2, 0.25) is 0 Å². The Bertz CT molecular complexity index is 814. The third-order valence-corrected chi connectivity index (χ3v) is 5.75. The van der Waals surface area contributed by atoms with E-state index in [1.807, 2.05) is 53.4 Å². The highest BCUT2D eigenvalue weighted by Gasteiger charge is 2.32. The minimum absolute atomic E-state index is 0.0246. The molecular weight excluding hydrogens is 422 g/mol. The summed E-state index contributed by atoms with van der Waals surface area (Å²) in [6, 6.07) is 15.5. The number of ether oxygens (including phenoxy) is 3. The summed E-state index contributed by atoms with van der Waals surface area (Å²) >= 11 is 3.47. The number of piperidine rings is 1. The van der Waals surface area contributed by atoms with E-state index in [1.165, 1.54) is 0 Å². The van der Waals surface area contributed by atoms with E-state index < -0.39 is 0 Å². The zero-order chi connectivity index (χ0) is 19.3. The van der Waals surface area contributed by atoms with E-state index in [0.29, 0.717) is 50.1 Å². The number of carbonyl (C=O) groups excluding carboxylic acids is 1. The van der Waals surface area contributed by atoms with Crippen LogP contribution in [0.25, 0.3) is 0 Å². The Hall–Kier alpha value is -1.89. The smallest absolute Gasteiger partial charge is 0.257 e. The zero-order valence-corrected chi connectivity index (χ0v) is 17.3. The largest absolute Gasteiger partial charge is 0.488 e. The van der Waals surface area contributed by atoms with Gasteiger partial charge in [-0.15, -0.1) is 0 Å². The monoisotopic (exact) mass is 445 g/mol. The van der Waals surface area contributed by atoms with Crippen LogP contribution in [-0.4, -0.2) is 43.4 Å². The van der Waals surface area contributed by atoms with Crippen LogP contribution >= 0.6 is 15.9 Å². The van der Waals surface area contributed by atoms with Crippen molar-refractivity contribution in [1.29, 1.82) is 0 Å². The number of hydrogen-bond donors (Lipinski definition) is 0. The minimum Gasteiger partial charge on any atom is -0.488 e. The molecule has 2 aliphatic heterocycles. The maximum absolute atomic E-state index is 13.1. The van der Waals surface area contributed by atoms with Gasteiger partial charge in [0.15, 0.2) is 6.29 Å². The Kier molecular flexibility index (Phi) is 6.29. The van der Waals surface area contributed by atoms with Crippen molar-refractivity contribution in [2.24, 2.45) is 5.92 Å². The summed E-state index contributed by atoms with van der Waals surface area (Å²) in [7, 11) is 0. The van der Waals surface area contributed by atoms with E-state index in [-0.39, 0.29) is 12.2 Å². The van der Waals surface area contributed by atoms with Crippen molar-refractivity contribution in [3.63, 3.8) is 0 Å². The van der Waals surface area contributed by atoms with Crippen molar-refractivity contribution >= 4 is 21.8 Å². The van der Waals surface area contributed by atoms with E-state index in [9.17, 15) is 4.79 Å². The third-order valence-electron chi connectivity index (χ3n) is 5.26. The summed E-state index contributed by atoms with van der Waals surface area (Å²) in [5.74, 6) is 1.02. The molecule has 2 aromatic carbocycles. The number of likely N-dealkylation sites (tertiary alicyclic amines) is 1. The van der Waals surface area contributed by atoms with Gasteiger partial charge in [0.05, 0.1) is 18.8 Å². The second kappa shape index (κ2) is 9.07. The number of carbonyl (C=O) groups is 1. The van der Waals surface area contributed by atoms with E-state index in [1.54, 1.807) is 0 Å². The molecule has 148 valence electrons. The van der Waals surface area contributed by atoms with E-state index in [2.05, 4.69) is 15.9 Å². The lowest BCUT2D eigenvalue weighted by Gasteiger charge is -2.34. The SMILES string of the molecule is O=C(c1ccccc1OCc1cccc(Br)c1)N1CCC(C2OCCO2)CC1. The second-order valence-corrected chi connectivity index (χ2v) is 8.07. The molecule has 0 saturated carbocycles. The quantitative estimate of drug-likeness (QED) is 0.689. The van der Waals surface area contributed by atoms with Crippen molar-refractivity contribution in [3.8, 4) is 5.75 Å². The molecule has 0 N–H and O–H groups in total. The van der Waals surface area contributed by atoms with Gasteiger partial charge >= 0.3 is 0 Å². The first-order chi connectivity index (χ1) is 13.7. The molecule has 2 heterocycles. The molecule has 0 aromatic heterocycles. The first kappa shape index (κ1) is 19.4. The van der Waals surface area contributed by atoms with Crippen LogP contribution in [0.3, 0.4) is 0 Å². The molecule has 2 aromatic rings. The summed E-state index contributed by atoms with van der Waals surface area (Å²) in [5, 5.41) is 0. The van der Waals surface area contributed by atoms with Gasteiger partial charge in [-0.25, -0.2) is 0 Å². The summed E-state index contributed by atoms with van der Waals surface area (Å²) in [6.45, 7) is 3.20. The van der Waals surface area contributed by atoms with Crippen molar-refractivity contribution < 1.29 is 19.0 Å². The molecular formula is C22H24BrNO4. The zero-order valence-electron chi connectivity index (χ0n) is 15.7. The van der Waals surface area contributed by atoms with Crippen LogP contribution in [0.2, 0.25) is 0 Å². The number of halogens is 1. The first-order valence-electron chi connectivity index (χ1n) is 9.69. The highest BCUT2D eigenvalue weighted by molar-refractivity contribution is 9.10. The lowest BCUT2D eigenvalue weighted by Crippen LogP contribution is -2.41. The number of rotatable bonds is 5. The van der Waals surface area contributed by atoms with Gasteiger partial charge in [-0.3, -0.25) is 4.79 Å². The Labute approximate surface area is 173 Å². The fraction of sp³-hybridized carbons (Fsp3) is 0.409. The lowest BCUT2D eigenvalue weighted by atomic mass is 9.95. The highest BCUT2D eigenvalue weighted by atomic mass is 79.9. The van der Waals surface area contributed by atoms with Gasteiger partial charge in [-0.05, 0) is 42.7 Å². The molecule has 0 aliphatic carbocycles. The highest BCUT2D eigenvalue weighted by Crippen LogP contribution is 2.28. The van der Waals surface area contributed by atoms with Crippen molar-refractivity contribution in [1.82, 2.24) is 4.90 Å². The van der Waals surface area contributed by atoms with Gasteiger partial charge in [0, 0.05) is 23.5 Å². The van der Waals surface area contributed by atoms with E-state index in [0.717, 1.165) is 22.9 Å². The second-order valence-electron chi connectivity index (χ2n) is 7.15. The lowest BCUT2D eigenvalue weighted by molar-refractivity contribution is -0.0956. The molecule has 2 fully saturated rings. The number of amides is 1. The standard InChI is InChI=1S/C22H24BrNO4/c23-18-5-3-4-16(14-18)15-28-20-7-2-1-6-19(20)21(25)24-10-8-17(9-11-24)22-26-12-13-27-22/h1-7,14,17,22H,8-13,15H2. The van der Waals surface area contributed by atoms with Crippen LogP contribution < -0.4 is 4.74 Å². The van der Waals surface area contributed by atoms with Crippen LogP contribution in [0.1, 0.15) is 28.8 Å². The van der Waals surface area contributed by atoms with Crippen LogP contribution in [0.4, 0.5) is 0 Å². The first-order valence-corrected chi connectivity index (χ1v) is 10.5. The number of nitrogens with zero attached hydrogens (tertiary/aromatic N) is 1. The summed E-state index contributed by atoms with van der Waals surface area (Å²) in [6.07, 6.45) is 1.70. The number of benzene rings is 2. The molecule has 28 heavy (non-hydrogen) atoms. The topological polar surface area (TPSA) is 48.0 Å². The Morgan fingerprint density at radius 1 is 1.07 bits per heavy atom. The van der Waals surface area contributed by atoms with Crippen LogP contribution in [-0.2, 0) is 16.1 Å². The molecule has 0 radical (unpaired) electrons. The molecule has 0 spiro atoms. The number of hydrogen-bond acceptors (Lipinski definition) is 4. The van der Waals surface area contributed by atoms with Crippen molar-refractivity contribution in [2.45, 2.75) is 25.7 Å². The molecule has 1 amide bonds. The fourth-order valence-corrected chi connectivity index (χ4v) is 4.20. The predicted molar refractivity (Wildman–Crippen MR) is 109 cm³/mol.